The Morgan fingerprint density at radius 1 is 1.38 bits per heavy atom. The van der Waals surface area contributed by atoms with Gasteiger partial charge in [0.2, 0.25) is 0 Å². The lowest BCUT2D eigenvalue weighted by atomic mass is 10.0. The number of hydrogen-bond donors (Lipinski definition) is 2. The quantitative estimate of drug-likeness (QED) is 0.561. The zero-order valence-corrected chi connectivity index (χ0v) is 9.53. The molecule has 0 amide bonds. The topological polar surface area (TPSA) is 52.7 Å². The van der Waals surface area contributed by atoms with Crippen LogP contribution in [0.15, 0.2) is 12.6 Å². The maximum Gasteiger partial charge on any atom is 0.259 e. The lowest BCUT2D eigenvalue weighted by molar-refractivity contribution is -0.402. The minimum atomic E-state index is 0.0176. The van der Waals surface area contributed by atoms with Crippen LogP contribution in [0.4, 0.5) is 5.69 Å². The summed E-state index contributed by atoms with van der Waals surface area (Å²) in [7, 11) is 3.26. The van der Waals surface area contributed by atoms with Crippen LogP contribution < -0.4 is 4.74 Å². The summed E-state index contributed by atoms with van der Waals surface area (Å²) in [5.74, 6) is 0.342. The fraction of sp³-hybridized carbons (Fsp3) is 0.250. The van der Waals surface area contributed by atoms with Gasteiger partial charge in [-0.15, -0.1) is 0 Å². The zero-order chi connectivity index (χ0) is 12.0. The van der Waals surface area contributed by atoms with Crippen LogP contribution >= 0.6 is 0 Å². The number of allylic oxidation sites excluding steroid dienone is 1. The molecule has 4 nitrogen and oxygen atoms in total. The second kappa shape index (κ2) is 3.27. The number of rotatable bonds is 1. The van der Waals surface area contributed by atoms with Crippen LogP contribution in [0.2, 0.25) is 0 Å². The van der Waals surface area contributed by atoms with Crippen molar-refractivity contribution in [2.75, 3.05) is 14.2 Å². The molecular formula is C12H14NO3+. The summed E-state index contributed by atoms with van der Waals surface area (Å²) in [4.78, 5) is 0. The number of methoxy groups -OCH3 is 1. The van der Waals surface area contributed by atoms with Gasteiger partial charge in [0.1, 0.15) is 12.6 Å². The fourth-order valence-corrected chi connectivity index (χ4v) is 1.96. The van der Waals surface area contributed by atoms with Crippen molar-refractivity contribution >= 4 is 17.0 Å². The van der Waals surface area contributed by atoms with Gasteiger partial charge < -0.3 is 14.9 Å². The van der Waals surface area contributed by atoms with Crippen molar-refractivity contribution in [3.63, 3.8) is 0 Å². The lowest BCUT2D eigenvalue weighted by Crippen LogP contribution is -2.01. The van der Waals surface area contributed by atoms with Crippen molar-refractivity contribution in [2.24, 2.45) is 0 Å². The number of hydrogen-bond acceptors (Lipinski definition) is 3. The Morgan fingerprint density at radius 2 is 2.00 bits per heavy atom. The van der Waals surface area contributed by atoms with Crippen LogP contribution in [0.1, 0.15) is 12.5 Å². The average Bonchev–Trinajstić information content (AvgIpc) is 2.49. The van der Waals surface area contributed by atoms with Gasteiger partial charge >= 0.3 is 0 Å². The summed E-state index contributed by atoms with van der Waals surface area (Å²) >= 11 is 0. The predicted molar refractivity (Wildman–Crippen MR) is 61.9 cm³/mol. The number of aromatic hydroxyl groups is 2. The Kier molecular flexibility index (Phi) is 2.15. The third-order valence-electron chi connectivity index (χ3n) is 3.01. The summed E-state index contributed by atoms with van der Waals surface area (Å²) in [5.41, 5.74) is 2.70. The summed E-state index contributed by atoms with van der Waals surface area (Å²) in [6, 6.07) is 1.40. The molecule has 1 aliphatic rings. The average molecular weight is 220 g/mol. The van der Waals surface area contributed by atoms with Crippen LogP contribution in [0.25, 0.3) is 5.57 Å². The molecular weight excluding hydrogens is 206 g/mol. The third kappa shape index (κ3) is 1.13. The Morgan fingerprint density at radius 3 is 2.56 bits per heavy atom. The third-order valence-corrected chi connectivity index (χ3v) is 3.01. The van der Waals surface area contributed by atoms with E-state index in [0.717, 1.165) is 5.71 Å². The van der Waals surface area contributed by atoms with Gasteiger partial charge in [0.15, 0.2) is 23.0 Å². The zero-order valence-electron chi connectivity index (χ0n) is 9.53. The SMILES string of the molecule is C=C1C(C)=[N+](C)c2c(O)cc(OC)c(O)c21. The van der Waals surface area contributed by atoms with Crippen LogP contribution in [-0.4, -0.2) is 34.7 Å². The molecule has 2 rings (SSSR count). The number of fused-ring (bicyclic) bond motifs is 1. The van der Waals surface area contributed by atoms with Crippen molar-refractivity contribution in [1.82, 2.24) is 0 Å². The fourth-order valence-electron chi connectivity index (χ4n) is 1.96. The van der Waals surface area contributed by atoms with Gasteiger partial charge in [0, 0.05) is 13.0 Å². The minimum Gasteiger partial charge on any atom is -0.504 e. The first-order valence-corrected chi connectivity index (χ1v) is 4.88. The van der Waals surface area contributed by atoms with E-state index in [2.05, 4.69) is 6.58 Å². The predicted octanol–water partition coefficient (Wildman–Crippen LogP) is 1.87. The molecule has 0 bridgehead atoms. The van der Waals surface area contributed by atoms with Crippen molar-refractivity contribution in [3.05, 3.63) is 18.2 Å². The Labute approximate surface area is 93.7 Å². The largest absolute Gasteiger partial charge is 0.504 e. The van der Waals surface area contributed by atoms with Crippen molar-refractivity contribution < 1.29 is 19.5 Å². The van der Waals surface area contributed by atoms with E-state index in [0.29, 0.717) is 16.8 Å². The van der Waals surface area contributed by atoms with Gasteiger partial charge in [-0.2, -0.15) is 4.58 Å². The van der Waals surface area contributed by atoms with Gasteiger partial charge in [-0.1, -0.05) is 6.58 Å². The molecule has 2 N–H and O–H groups in total. The molecule has 4 heteroatoms. The number of benzene rings is 1. The molecule has 16 heavy (non-hydrogen) atoms. The number of ether oxygens (including phenoxy) is 1. The Hall–Kier alpha value is -1.97. The lowest BCUT2D eigenvalue weighted by Gasteiger charge is -2.07. The second-order valence-corrected chi connectivity index (χ2v) is 3.79. The molecule has 1 aromatic rings. The highest BCUT2D eigenvalue weighted by Crippen LogP contribution is 2.49. The highest BCUT2D eigenvalue weighted by Gasteiger charge is 2.35. The maximum absolute atomic E-state index is 10.0. The van der Waals surface area contributed by atoms with Crippen molar-refractivity contribution in [2.45, 2.75) is 6.92 Å². The van der Waals surface area contributed by atoms with E-state index in [4.69, 9.17) is 4.74 Å². The van der Waals surface area contributed by atoms with Gasteiger partial charge in [-0.25, -0.2) is 0 Å². The summed E-state index contributed by atoms with van der Waals surface area (Å²) in [5, 5.41) is 19.9. The van der Waals surface area contributed by atoms with Gasteiger partial charge in [0.05, 0.1) is 12.7 Å². The molecule has 0 unspecified atom stereocenters. The van der Waals surface area contributed by atoms with Crippen LogP contribution in [0.3, 0.4) is 0 Å². The van der Waals surface area contributed by atoms with E-state index in [9.17, 15) is 10.2 Å². The van der Waals surface area contributed by atoms with Crippen LogP contribution in [-0.2, 0) is 0 Å². The Balaban J connectivity index is 2.82. The van der Waals surface area contributed by atoms with Gasteiger partial charge in [-0.05, 0) is 0 Å². The number of phenolic OH excluding ortho intramolecular Hbond substituents is 2. The molecule has 0 atom stereocenters. The van der Waals surface area contributed by atoms with E-state index < -0.39 is 0 Å². The van der Waals surface area contributed by atoms with Crippen molar-refractivity contribution in [3.8, 4) is 17.2 Å². The molecule has 0 fully saturated rings. The van der Waals surface area contributed by atoms with Crippen LogP contribution in [0.5, 0.6) is 17.2 Å². The summed E-state index contributed by atoms with van der Waals surface area (Å²) in [6.07, 6.45) is 0. The highest BCUT2D eigenvalue weighted by atomic mass is 16.5. The minimum absolute atomic E-state index is 0.0176. The van der Waals surface area contributed by atoms with E-state index in [1.165, 1.54) is 13.2 Å². The van der Waals surface area contributed by atoms with Gasteiger partial charge in [-0.3, -0.25) is 0 Å². The highest BCUT2D eigenvalue weighted by molar-refractivity contribution is 6.24. The monoisotopic (exact) mass is 220 g/mol. The van der Waals surface area contributed by atoms with Crippen LogP contribution in [0, 0.1) is 0 Å². The van der Waals surface area contributed by atoms with Crippen molar-refractivity contribution in [1.29, 1.82) is 0 Å². The summed E-state index contributed by atoms with van der Waals surface area (Å²) < 4.78 is 6.79. The number of nitrogens with zero attached hydrogens (tertiary/aromatic N) is 1. The maximum atomic E-state index is 10.0. The molecule has 0 spiro atoms. The van der Waals surface area contributed by atoms with E-state index >= 15 is 0 Å². The van der Waals surface area contributed by atoms with Gasteiger partial charge in [0.25, 0.3) is 5.69 Å². The molecule has 0 saturated heterocycles. The first kappa shape index (κ1) is 10.5. The first-order chi connectivity index (χ1) is 7.49. The molecule has 84 valence electrons. The first-order valence-electron chi connectivity index (χ1n) is 4.88. The van der Waals surface area contributed by atoms with E-state index in [1.54, 1.807) is 4.58 Å². The molecule has 0 saturated carbocycles. The molecule has 1 aromatic carbocycles. The normalized spacial score (nSPS) is 14.3. The molecule has 1 aliphatic heterocycles. The van der Waals surface area contributed by atoms with E-state index in [1.807, 2.05) is 14.0 Å². The molecule has 0 aromatic heterocycles. The number of phenols is 2. The molecule has 0 radical (unpaired) electrons. The second-order valence-electron chi connectivity index (χ2n) is 3.79. The summed E-state index contributed by atoms with van der Waals surface area (Å²) in [6.45, 7) is 5.78. The standard InChI is InChI=1S/C12H13NO3/c1-6-7(2)13(3)11-8(14)5-9(16-4)12(15)10(6)11/h5H,1H2,2-4H3,(H-,14,15)/p+1. The molecule has 0 aliphatic carbocycles. The smallest absolute Gasteiger partial charge is 0.259 e. The molecule has 1 heterocycles. The van der Waals surface area contributed by atoms with E-state index in [-0.39, 0.29) is 17.2 Å². The Bertz CT molecular complexity index is 530.